The summed E-state index contributed by atoms with van der Waals surface area (Å²) in [6.07, 6.45) is 4.11. The van der Waals surface area contributed by atoms with E-state index in [0.29, 0.717) is 5.56 Å². The van der Waals surface area contributed by atoms with E-state index in [0.717, 1.165) is 13.0 Å². The summed E-state index contributed by atoms with van der Waals surface area (Å²) in [5, 5.41) is 17.0. The van der Waals surface area contributed by atoms with Crippen LogP contribution in [0.3, 0.4) is 0 Å². The van der Waals surface area contributed by atoms with E-state index < -0.39 is 5.60 Å². The van der Waals surface area contributed by atoms with Gasteiger partial charge in [-0.25, -0.2) is 0 Å². The van der Waals surface area contributed by atoms with Gasteiger partial charge in [-0.2, -0.15) is 5.10 Å². The summed E-state index contributed by atoms with van der Waals surface area (Å²) in [4.78, 5) is 11.9. The Labute approximate surface area is 108 Å². The van der Waals surface area contributed by atoms with Crippen molar-refractivity contribution in [1.29, 1.82) is 0 Å². The number of nitrogens with zero attached hydrogens (tertiary/aromatic N) is 2. The normalized spacial score (nSPS) is 16.1. The highest BCUT2D eigenvalue weighted by Gasteiger charge is 2.27. The van der Waals surface area contributed by atoms with Gasteiger partial charge in [0.05, 0.1) is 17.4 Å². The van der Waals surface area contributed by atoms with Gasteiger partial charge in [0.25, 0.3) is 5.91 Å². The monoisotopic (exact) mass is 253 g/mol. The van der Waals surface area contributed by atoms with E-state index in [-0.39, 0.29) is 18.4 Å². The van der Waals surface area contributed by atoms with Crippen LogP contribution in [0.4, 0.5) is 0 Å². The second-order valence-corrected chi connectivity index (χ2v) is 4.93. The second kappa shape index (κ2) is 6.00. The van der Waals surface area contributed by atoms with Crippen molar-refractivity contribution in [3.8, 4) is 0 Å². The van der Waals surface area contributed by atoms with Gasteiger partial charge >= 0.3 is 0 Å². The molecule has 0 aliphatic heterocycles. The molecular weight excluding hydrogens is 230 g/mol. The Hall–Kier alpha value is -1.36. The molecular formula is C13H23N3O2. The topological polar surface area (TPSA) is 67.2 Å². The lowest BCUT2D eigenvalue weighted by Gasteiger charge is -2.29. The van der Waals surface area contributed by atoms with Crippen LogP contribution in [-0.2, 0) is 6.54 Å². The Morgan fingerprint density at radius 1 is 1.61 bits per heavy atom. The predicted octanol–water partition coefficient (Wildman–Crippen LogP) is 1.43. The molecule has 18 heavy (non-hydrogen) atoms. The highest BCUT2D eigenvalue weighted by Crippen LogP contribution is 2.18. The largest absolute Gasteiger partial charge is 0.388 e. The molecule has 2 N–H and O–H groups in total. The van der Waals surface area contributed by atoms with Crippen molar-refractivity contribution in [3.05, 3.63) is 18.0 Å². The molecule has 2 atom stereocenters. The van der Waals surface area contributed by atoms with Crippen LogP contribution in [0.25, 0.3) is 0 Å². The Bertz CT molecular complexity index is 399. The Balaban J connectivity index is 2.55. The van der Waals surface area contributed by atoms with Crippen molar-refractivity contribution in [2.24, 2.45) is 5.92 Å². The molecule has 0 spiro atoms. The van der Waals surface area contributed by atoms with Crippen LogP contribution in [-0.4, -0.2) is 32.9 Å². The molecule has 5 nitrogen and oxygen atoms in total. The summed E-state index contributed by atoms with van der Waals surface area (Å²) < 4.78 is 1.70. The number of amides is 1. The fourth-order valence-electron chi connectivity index (χ4n) is 1.63. The van der Waals surface area contributed by atoms with E-state index in [1.165, 1.54) is 6.20 Å². The number of carbonyl (C=O) groups is 1. The first kappa shape index (κ1) is 14.7. The van der Waals surface area contributed by atoms with Gasteiger partial charge in [0, 0.05) is 19.3 Å². The van der Waals surface area contributed by atoms with Gasteiger partial charge in [-0.15, -0.1) is 0 Å². The molecule has 1 heterocycles. The molecule has 0 fully saturated rings. The third-order valence-electron chi connectivity index (χ3n) is 3.50. The van der Waals surface area contributed by atoms with Crippen LogP contribution in [0.15, 0.2) is 12.4 Å². The second-order valence-electron chi connectivity index (χ2n) is 4.93. The highest BCUT2D eigenvalue weighted by atomic mass is 16.3. The molecule has 1 aromatic heterocycles. The summed E-state index contributed by atoms with van der Waals surface area (Å²) in [6, 6.07) is 0. The predicted molar refractivity (Wildman–Crippen MR) is 70.3 cm³/mol. The number of aliphatic hydroxyl groups is 1. The van der Waals surface area contributed by atoms with Gasteiger partial charge in [-0.1, -0.05) is 20.3 Å². The average molecular weight is 253 g/mol. The lowest BCUT2D eigenvalue weighted by atomic mass is 9.88. The van der Waals surface area contributed by atoms with Gasteiger partial charge in [0.15, 0.2) is 0 Å². The summed E-state index contributed by atoms with van der Waals surface area (Å²) in [6.45, 7) is 8.68. The molecule has 1 aromatic rings. The summed E-state index contributed by atoms with van der Waals surface area (Å²) in [5.41, 5.74) is -0.359. The number of hydrogen-bond acceptors (Lipinski definition) is 3. The van der Waals surface area contributed by atoms with Crippen molar-refractivity contribution >= 4 is 5.91 Å². The van der Waals surface area contributed by atoms with Gasteiger partial charge in [-0.3, -0.25) is 9.48 Å². The molecule has 0 saturated heterocycles. The van der Waals surface area contributed by atoms with E-state index in [4.69, 9.17) is 0 Å². The zero-order chi connectivity index (χ0) is 13.8. The fraction of sp³-hybridized carbons (Fsp3) is 0.692. The van der Waals surface area contributed by atoms with E-state index in [2.05, 4.69) is 10.4 Å². The number of aromatic nitrogens is 2. The Morgan fingerprint density at radius 3 is 2.78 bits per heavy atom. The van der Waals surface area contributed by atoms with Gasteiger partial charge in [-0.05, 0) is 19.8 Å². The van der Waals surface area contributed by atoms with Crippen LogP contribution in [0.2, 0.25) is 0 Å². The molecule has 1 rings (SSSR count). The average Bonchev–Trinajstić information content (AvgIpc) is 2.83. The molecule has 0 saturated carbocycles. The van der Waals surface area contributed by atoms with Crippen molar-refractivity contribution in [2.75, 3.05) is 6.54 Å². The number of carbonyl (C=O) groups excluding carboxylic acids is 1. The standard InChI is InChI=1S/C13H23N3O2/c1-5-10(3)13(4,18)9-14-12(17)11-7-15-16(6-2)8-11/h7-8,10,18H,5-6,9H2,1-4H3,(H,14,17). The summed E-state index contributed by atoms with van der Waals surface area (Å²) in [7, 11) is 0. The van der Waals surface area contributed by atoms with Gasteiger partial charge in [0.1, 0.15) is 0 Å². The van der Waals surface area contributed by atoms with Crippen LogP contribution < -0.4 is 5.32 Å². The first-order valence-corrected chi connectivity index (χ1v) is 6.43. The highest BCUT2D eigenvalue weighted by molar-refractivity contribution is 5.93. The zero-order valence-corrected chi connectivity index (χ0v) is 11.6. The Morgan fingerprint density at radius 2 is 2.28 bits per heavy atom. The molecule has 1 amide bonds. The van der Waals surface area contributed by atoms with Crippen molar-refractivity contribution in [2.45, 2.75) is 46.3 Å². The summed E-state index contributed by atoms with van der Waals surface area (Å²) in [5.74, 6) is -0.0607. The molecule has 102 valence electrons. The maximum atomic E-state index is 11.9. The molecule has 0 aliphatic rings. The SMILES string of the molecule is CCC(C)C(C)(O)CNC(=O)c1cnn(CC)c1. The van der Waals surface area contributed by atoms with Crippen LogP contribution in [0.1, 0.15) is 44.5 Å². The lowest BCUT2D eigenvalue weighted by Crippen LogP contribution is -2.45. The van der Waals surface area contributed by atoms with Crippen molar-refractivity contribution < 1.29 is 9.90 Å². The van der Waals surface area contributed by atoms with E-state index in [1.807, 2.05) is 20.8 Å². The Kier molecular flexibility index (Phi) is 4.90. The zero-order valence-electron chi connectivity index (χ0n) is 11.6. The van der Waals surface area contributed by atoms with E-state index in [1.54, 1.807) is 17.8 Å². The smallest absolute Gasteiger partial charge is 0.254 e. The molecule has 0 radical (unpaired) electrons. The van der Waals surface area contributed by atoms with E-state index >= 15 is 0 Å². The quantitative estimate of drug-likeness (QED) is 0.806. The van der Waals surface area contributed by atoms with E-state index in [9.17, 15) is 9.90 Å². The van der Waals surface area contributed by atoms with Gasteiger partial charge in [0.2, 0.25) is 0 Å². The van der Waals surface area contributed by atoms with Crippen molar-refractivity contribution in [1.82, 2.24) is 15.1 Å². The molecule has 0 bridgehead atoms. The summed E-state index contributed by atoms with van der Waals surface area (Å²) >= 11 is 0. The minimum Gasteiger partial charge on any atom is -0.388 e. The minimum atomic E-state index is -0.884. The minimum absolute atomic E-state index is 0.135. The maximum Gasteiger partial charge on any atom is 0.254 e. The third kappa shape index (κ3) is 3.57. The molecule has 0 aliphatic carbocycles. The first-order valence-electron chi connectivity index (χ1n) is 6.43. The molecule has 0 aromatic carbocycles. The molecule has 5 heteroatoms. The van der Waals surface area contributed by atoms with Crippen LogP contribution in [0, 0.1) is 5.92 Å². The van der Waals surface area contributed by atoms with Gasteiger partial charge < -0.3 is 10.4 Å². The number of rotatable bonds is 6. The third-order valence-corrected chi connectivity index (χ3v) is 3.50. The number of aryl methyl sites for hydroxylation is 1. The maximum absolute atomic E-state index is 11.9. The van der Waals surface area contributed by atoms with Crippen LogP contribution >= 0.6 is 0 Å². The lowest BCUT2D eigenvalue weighted by molar-refractivity contribution is 0.00592. The fourth-order valence-corrected chi connectivity index (χ4v) is 1.63. The molecule has 2 unspecified atom stereocenters. The van der Waals surface area contributed by atoms with Crippen LogP contribution in [0.5, 0.6) is 0 Å². The first-order chi connectivity index (χ1) is 8.40. The number of nitrogens with one attached hydrogen (secondary N) is 1. The van der Waals surface area contributed by atoms with Crippen molar-refractivity contribution in [3.63, 3.8) is 0 Å². The number of hydrogen-bond donors (Lipinski definition) is 2.